The Bertz CT molecular complexity index is 349. The third-order valence-electron chi connectivity index (χ3n) is 2.69. The molecule has 1 atom stereocenters. The maximum absolute atomic E-state index is 11.7. The summed E-state index contributed by atoms with van der Waals surface area (Å²) in [6, 6.07) is 7.20. The van der Waals surface area contributed by atoms with Crippen LogP contribution in [0, 0.1) is 0 Å². The maximum atomic E-state index is 11.7. The minimum atomic E-state index is -0.338. The van der Waals surface area contributed by atoms with E-state index in [1.807, 2.05) is 19.1 Å². The lowest BCUT2D eigenvalue weighted by atomic mass is 10.1. The number of nitrogens with two attached hydrogens (primary N) is 1. The Hall–Kier alpha value is -1.39. The molecule has 0 saturated heterocycles. The van der Waals surface area contributed by atoms with Crippen molar-refractivity contribution in [2.24, 2.45) is 5.73 Å². The highest BCUT2D eigenvalue weighted by Crippen LogP contribution is 2.04. The van der Waals surface area contributed by atoms with Gasteiger partial charge in [-0.25, -0.2) is 0 Å². The van der Waals surface area contributed by atoms with Crippen molar-refractivity contribution in [1.82, 2.24) is 5.32 Å². The van der Waals surface area contributed by atoms with Gasteiger partial charge in [-0.2, -0.15) is 0 Å². The van der Waals surface area contributed by atoms with E-state index in [9.17, 15) is 9.90 Å². The Morgan fingerprint density at radius 3 is 2.59 bits per heavy atom. The maximum Gasteiger partial charge on any atom is 0.251 e. The molecule has 4 nitrogen and oxygen atoms in total. The first-order valence-corrected chi connectivity index (χ1v) is 5.92. The van der Waals surface area contributed by atoms with Crippen LogP contribution in [-0.4, -0.2) is 23.7 Å². The van der Waals surface area contributed by atoms with E-state index in [0.717, 1.165) is 5.56 Å². The second kappa shape index (κ2) is 7.04. The molecule has 1 amide bonds. The molecule has 94 valence electrons. The minimum Gasteiger partial charge on any atom is -0.393 e. The van der Waals surface area contributed by atoms with E-state index in [0.29, 0.717) is 31.5 Å². The van der Waals surface area contributed by atoms with Crippen LogP contribution in [0.3, 0.4) is 0 Å². The van der Waals surface area contributed by atoms with Gasteiger partial charge in [-0.05, 0) is 30.5 Å². The molecular weight excluding hydrogens is 216 g/mol. The number of carbonyl (C=O) groups excluding carboxylic acids is 1. The topological polar surface area (TPSA) is 75.3 Å². The lowest BCUT2D eigenvalue weighted by molar-refractivity contribution is 0.0942. The van der Waals surface area contributed by atoms with Gasteiger partial charge in [-0.1, -0.05) is 19.1 Å². The molecule has 0 bridgehead atoms. The van der Waals surface area contributed by atoms with Crippen molar-refractivity contribution in [3.05, 3.63) is 35.4 Å². The Morgan fingerprint density at radius 1 is 1.41 bits per heavy atom. The van der Waals surface area contributed by atoms with Crippen LogP contribution in [-0.2, 0) is 6.54 Å². The molecule has 0 saturated carbocycles. The Balaban J connectivity index is 2.41. The molecule has 0 heterocycles. The predicted octanol–water partition coefficient (Wildman–Crippen LogP) is 1.04. The molecule has 0 spiro atoms. The van der Waals surface area contributed by atoms with Crippen LogP contribution in [0.25, 0.3) is 0 Å². The van der Waals surface area contributed by atoms with Gasteiger partial charge >= 0.3 is 0 Å². The number of nitrogens with one attached hydrogen (secondary N) is 1. The second-order valence-electron chi connectivity index (χ2n) is 4.01. The van der Waals surface area contributed by atoms with Crippen molar-refractivity contribution < 1.29 is 9.90 Å². The average molecular weight is 236 g/mol. The van der Waals surface area contributed by atoms with Gasteiger partial charge in [-0.15, -0.1) is 0 Å². The van der Waals surface area contributed by atoms with Crippen molar-refractivity contribution in [3.63, 3.8) is 0 Å². The van der Waals surface area contributed by atoms with Crippen molar-refractivity contribution in [1.29, 1.82) is 0 Å². The van der Waals surface area contributed by atoms with Gasteiger partial charge in [0, 0.05) is 18.7 Å². The molecule has 0 aromatic heterocycles. The van der Waals surface area contributed by atoms with E-state index >= 15 is 0 Å². The molecule has 1 aromatic carbocycles. The summed E-state index contributed by atoms with van der Waals surface area (Å²) < 4.78 is 0. The minimum absolute atomic E-state index is 0.114. The number of aliphatic hydroxyl groups excluding tert-OH is 1. The fourth-order valence-electron chi connectivity index (χ4n) is 1.45. The molecule has 1 rings (SSSR count). The molecule has 1 unspecified atom stereocenters. The Kier molecular flexibility index (Phi) is 5.66. The number of benzene rings is 1. The largest absolute Gasteiger partial charge is 0.393 e. The zero-order chi connectivity index (χ0) is 12.7. The van der Waals surface area contributed by atoms with Crippen LogP contribution in [0.5, 0.6) is 0 Å². The van der Waals surface area contributed by atoms with Crippen molar-refractivity contribution in [2.75, 3.05) is 6.54 Å². The van der Waals surface area contributed by atoms with Gasteiger partial charge in [0.05, 0.1) is 6.10 Å². The smallest absolute Gasteiger partial charge is 0.251 e. The van der Waals surface area contributed by atoms with E-state index in [2.05, 4.69) is 5.32 Å². The van der Waals surface area contributed by atoms with E-state index in [4.69, 9.17) is 5.73 Å². The SMILES string of the molecule is CCC(O)CCNC(=O)c1ccc(CN)cc1. The molecule has 17 heavy (non-hydrogen) atoms. The summed E-state index contributed by atoms with van der Waals surface area (Å²) in [5.74, 6) is -0.114. The number of hydrogen-bond acceptors (Lipinski definition) is 3. The molecule has 0 aliphatic heterocycles. The summed E-state index contributed by atoms with van der Waals surface area (Å²) in [5.41, 5.74) is 7.10. The number of amides is 1. The zero-order valence-electron chi connectivity index (χ0n) is 10.1. The third kappa shape index (κ3) is 4.54. The van der Waals surface area contributed by atoms with Crippen LogP contribution in [0.1, 0.15) is 35.7 Å². The third-order valence-corrected chi connectivity index (χ3v) is 2.69. The number of rotatable bonds is 6. The van der Waals surface area contributed by atoms with Gasteiger partial charge in [0.2, 0.25) is 0 Å². The van der Waals surface area contributed by atoms with Crippen LogP contribution >= 0.6 is 0 Å². The average Bonchev–Trinajstić information content (AvgIpc) is 2.38. The highest BCUT2D eigenvalue weighted by atomic mass is 16.3. The summed E-state index contributed by atoms with van der Waals surface area (Å²) in [4.78, 5) is 11.7. The van der Waals surface area contributed by atoms with Crippen molar-refractivity contribution in [2.45, 2.75) is 32.4 Å². The van der Waals surface area contributed by atoms with Crippen LogP contribution in [0.15, 0.2) is 24.3 Å². The van der Waals surface area contributed by atoms with Gasteiger partial charge in [0.15, 0.2) is 0 Å². The Labute approximate surface area is 102 Å². The lowest BCUT2D eigenvalue weighted by Crippen LogP contribution is -2.27. The molecule has 0 fully saturated rings. The van der Waals surface area contributed by atoms with E-state index < -0.39 is 0 Å². The number of aliphatic hydroxyl groups is 1. The van der Waals surface area contributed by atoms with E-state index in [1.54, 1.807) is 12.1 Å². The first kappa shape index (κ1) is 13.7. The number of hydrogen-bond donors (Lipinski definition) is 3. The van der Waals surface area contributed by atoms with Gasteiger partial charge in [0.1, 0.15) is 0 Å². The van der Waals surface area contributed by atoms with E-state index in [-0.39, 0.29) is 12.0 Å². The fourth-order valence-corrected chi connectivity index (χ4v) is 1.45. The van der Waals surface area contributed by atoms with E-state index in [1.165, 1.54) is 0 Å². The summed E-state index contributed by atoms with van der Waals surface area (Å²) in [7, 11) is 0. The molecular formula is C13H20N2O2. The van der Waals surface area contributed by atoms with Crippen LogP contribution in [0.4, 0.5) is 0 Å². The lowest BCUT2D eigenvalue weighted by Gasteiger charge is -2.09. The van der Waals surface area contributed by atoms with Crippen LogP contribution < -0.4 is 11.1 Å². The predicted molar refractivity (Wildman–Crippen MR) is 67.6 cm³/mol. The van der Waals surface area contributed by atoms with Crippen molar-refractivity contribution in [3.8, 4) is 0 Å². The zero-order valence-corrected chi connectivity index (χ0v) is 10.1. The quantitative estimate of drug-likeness (QED) is 0.690. The molecule has 4 N–H and O–H groups in total. The first-order chi connectivity index (χ1) is 8.17. The summed E-state index contributed by atoms with van der Waals surface area (Å²) in [6.07, 6.45) is 0.958. The highest BCUT2D eigenvalue weighted by molar-refractivity contribution is 5.94. The first-order valence-electron chi connectivity index (χ1n) is 5.92. The molecule has 4 heteroatoms. The molecule has 0 aliphatic carbocycles. The summed E-state index contributed by atoms with van der Waals surface area (Å²) >= 11 is 0. The Morgan fingerprint density at radius 2 is 2.06 bits per heavy atom. The highest BCUT2D eigenvalue weighted by Gasteiger charge is 2.06. The molecule has 1 aromatic rings. The fraction of sp³-hybridized carbons (Fsp3) is 0.462. The van der Waals surface area contributed by atoms with Gasteiger partial charge < -0.3 is 16.2 Å². The van der Waals surface area contributed by atoms with Crippen molar-refractivity contribution >= 4 is 5.91 Å². The molecule has 0 aliphatic rings. The summed E-state index contributed by atoms with van der Waals surface area (Å²) in [6.45, 7) is 2.88. The second-order valence-corrected chi connectivity index (χ2v) is 4.01. The monoisotopic (exact) mass is 236 g/mol. The van der Waals surface area contributed by atoms with Gasteiger partial charge in [-0.3, -0.25) is 4.79 Å². The van der Waals surface area contributed by atoms with Crippen LogP contribution in [0.2, 0.25) is 0 Å². The van der Waals surface area contributed by atoms with Gasteiger partial charge in [0.25, 0.3) is 5.91 Å². The summed E-state index contributed by atoms with van der Waals surface area (Å²) in [5, 5.41) is 12.1. The normalized spacial score (nSPS) is 12.2. The molecule has 0 radical (unpaired) electrons. The number of carbonyl (C=O) groups is 1. The standard InChI is InChI=1S/C13H20N2O2/c1-2-12(16)7-8-15-13(17)11-5-3-10(9-14)4-6-11/h3-6,12,16H,2,7-9,14H2,1H3,(H,15,17).